The van der Waals surface area contributed by atoms with Crippen LogP contribution in [0.2, 0.25) is 0 Å². The van der Waals surface area contributed by atoms with E-state index in [1.54, 1.807) is 6.07 Å². The maximum atomic E-state index is 9.65. The molecule has 1 aliphatic heterocycles. The van der Waals surface area contributed by atoms with E-state index in [1.165, 1.54) is 11.9 Å². The van der Waals surface area contributed by atoms with Gasteiger partial charge < -0.3 is 9.83 Å². The zero-order valence-electron chi connectivity index (χ0n) is 6.21. The van der Waals surface area contributed by atoms with E-state index in [-0.39, 0.29) is 5.75 Å². The Hall–Kier alpha value is -0.200. The molecule has 3 nitrogen and oxygen atoms in total. The summed E-state index contributed by atoms with van der Waals surface area (Å²) < 4.78 is 4.20. The number of aliphatic imine (C=N–C) groups is 1. The highest BCUT2D eigenvalue weighted by Gasteiger charge is 2.15. The fourth-order valence-electron chi connectivity index (χ4n) is 0.945. The van der Waals surface area contributed by atoms with Crippen molar-refractivity contribution >= 4 is 54.2 Å². The topological polar surface area (TPSA) is 44.6 Å². The Morgan fingerprint density at radius 1 is 1.38 bits per heavy atom. The van der Waals surface area contributed by atoms with Gasteiger partial charge in [0.15, 0.2) is 10.5 Å². The van der Waals surface area contributed by atoms with Crippen molar-refractivity contribution < 1.29 is 5.11 Å². The molecule has 1 heterocycles. The number of nitrogens with zero attached hydrogens (tertiary/aromatic N) is 1. The molecule has 13 heavy (non-hydrogen) atoms. The molecule has 2 N–H and O–H groups in total. The van der Waals surface area contributed by atoms with Crippen LogP contribution in [0.15, 0.2) is 26.5 Å². The van der Waals surface area contributed by atoms with E-state index < -0.39 is 0 Å². The van der Waals surface area contributed by atoms with Crippen molar-refractivity contribution in [3.05, 3.63) is 16.6 Å². The van der Waals surface area contributed by atoms with Gasteiger partial charge in [-0.2, -0.15) is 0 Å². The fraction of sp³-hybridized carbons (Fsp3) is 0. The number of phenolic OH excluding ortho intramolecular Hbond substituents is 1. The average Bonchev–Trinajstić information content (AvgIpc) is 2.12. The third-order valence-corrected chi connectivity index (χ3v) is 3.64. The summed E-state index contributed by atoms with van der Waals surface area (Å²) in [6.45, 7) is 0. The summed E-state index contributed by atoms with van der Waals surface area (Å²) in [5.41, 5.74) is 0.588. The Morgan fingerprint density at radius 3 is 2.92 bits per heavy atom. The molecule has 0 spiro atoms. The summed E-state index contributed by atoms with van der Waals surface area (Å²) in [6.07, 6.45) is 0. The summed E-state index contributed by atoms with van der Waals surface area (Å²) in [7, 11) is 0. The molecule has 68 valence electrons. The minimum atomic E-state index is 0.170. The number of fused-ring (bicyclic) bond motifs is 1. The second kappa shape index (κ2) is 3.51. The van der Waals surface area contributed by atoms with E-state index in [2.05, 4.69) is 41.6 Å². The second-order valence-electron chi connectivity index (χ2n) is 2.35. The van der Waals surface area contributed by atoms with Gasteiger partial charge in [0.25, 0.3) is 0 Å². The van der Waals surface area contributed by atoms with Crippen LogP contribution in [-0.2, 0) is 0 Å². The lowest BCUT2D eigenvalue weighted by Gasteiger charge is -2.14. The van der Waals surface area contributed by atoms with Gasteiger partial charge in [-0.3, -0.25) is 0 Å². The Labute approximate surface area is 96.0 Å². The van der Waals surface area contributed by atoms with Gasteiger partial charge in [-0.25, -0.2) is 4.99 Å². The largest absolute Gasteiger partial charge is 0.505 e. The number of aromatic hydroxyl groups is 1. The molecule has 1 aliphatic rings. The number of amidine groups is 1. The number of phenols is 1. The molecule has 0 amide bonds. The summed E-state index contributed by atoms with van der Waals surface area (Å²) >= 11 is 7.85. The molecule has 0 unspecified atom stereocenters. The molecule has 0 aliphatic carbocycles. The van der Waals surface area contributed by atoms with Gasteiger partial charge in [0.1, 0.15) is 5.69 Å². The molecule has 2 rings (SSSR count). The Balaban J connectivity index is 2.63. The molecule has 0 saturated carbocycles. The first kappa shape index (κ1) is 9.36. The summed E-state index contributed by atoms with van der Waals surface area (Å²) in [4.78, 5) is 5.03. The normalized spacial score (nSPS) is 14.5. The number of nitrogens with one attached hydrogen (secondary N) is 1. The molecule has 0 bridgehead atoms. The molecule has 1 aromatic rings. The van der Waals surface area contributed by atoms with E-state index in [0.717, 1.165) is 4.90 Å². The van der Waals surface area contributed by atoms with Gasteiger partial charge in [-0.15, -0.1) is 0 Å². The predicted molar refractivity (Wildman–Crippen MR) is 60.8 cm³/mol. The standard InChI is InChI=1S/C7H4Br2N2OS/c8-3-1-2-4-5(6(3)12)10-7(9)11-13-4/h1-2,12H,(H,10,11). The molecule has 1 aromatic carbocycles. The second-order valence-corrected chi connectivity index (χ2v) is 4.80. The first-order chi connectivity index (χ1) is 6.18. The van der Waals surface area contributed by atoms with Gasteiger partial charge in [0.05, 0.1) is 9.37 Å². The Morgan fingerprint density at radius 2 is 2.15 bits per heavy atom. The molecule has 0 aromatic heterocycles. The lowest BCUT2D eigenvalue weighted by atomic mass is 10.3. The van der Waals surface area contributed by atoms with Gasteiger partial charge in [0.2, 0.25) is 0 Å². The van der Waals surface area contributed by atoms with Crippen LogP contribution in [0.4, 0.5) is 5.69 Å². The van der Waals surface area contributed by atoms with Crippen molar-refractivity contribution in [2.45, 2.75) is 4.90 Å². The van der Waals surface area contributed by atoms with Crippen LogP contribution in [0.3, 0.4) is 0 Å². The highest BCUT2D eigenvalue weighted by molar-refractivity contribution is 9.18. The minimum Gasteiger partial charge on any atom is -0.505 e. The van der Waals surface area contributed by atoms with Crippen molar-refractivity contribution in [2.24, 2.45) is 4.99 Å². The van der Waals surface area contributed by atoms with Crippen LogP contribution in [0.1, 0.15) is 0 Å². The molecule has 0 fully saturated rings. The smallest absolute Gasteiger partial charge is 0.181 e. The number of rotatable bonds is 0. The minimum absolute atomic E-state index is 0.170. The third-order valence-electron chi connectivity index (χ3n) is 1.52. The summed E-state index contributed by atoms with van der Waals surface area (Å²) in [6, 6.07) is 3.68. The SMILES string of the molecule is Oc1c(Br)ccc2c1N=C(Br)NS2. The maximum absolute atomic E-state index is 9.65. The maximum Gasteiger partial charge on any atom is 0.181 e. The van der Waals surface area contributed by atoms with Crippen LogP contribution in [0.5, 0.6) is 5.75 Å². The Kier molecular flexibility index (Phi) is 2.53. The fourth-order valence-corrected chi connectivity index (χ4v) is 2.30. The van der Waals surface area contributed by atoms with E-state index in [4.69, 9.17) is 0 Å². The Bertz CT molecular complexity index is 394. The van der Waals surface area contributed by atoms with Crippen molar-refractivity contribution in [3.8, 4) is 5.75 Å². The lowest BCUT2D eigenvalue weighted by Crippen LogP contribution is -2.10. The number of benzene rings is 1. The predicted octanol–water partition coefficient (Wildman–Crippen LogP) is 3.15. The number of hydrogen-bond acceptors (Lipinski definition) is 4. The average molecular weight is 324 g/mol. The van der Waals surface area contributed by atoms with Crippen LogP contribution >= 0.6 is 43.8 Å². The molecule has 0 atom stereocenters. The third kappa shape index (κ3) is 1.70. The van der Waals surface area contributed by atoms with E-state index in [1.807, 2.05) is 6.07 Å². The van der Waals surface area contributed by atoms with Gasteiger partial charge in [0, 0.05) is 0 Å². The summed E-state index contributed by atoms with van der Waals surface area (Å²) in [5.74, 6) is 0.170. The zero-order chi connectivity index (χ0) is 9.42. The first-order valence-corrected chi connectivity index (χ1v) is 5.77. The molecule has 0 saturated heterocycles. The van der Waals surface area contributed by atoms with Crippen molar-refractivity contribution in [2.75, 3.05) is 0 Å². The van der Waals surface area contributed by atoms with Crippen molar-refractivity contribution in [1.82, 2.24) is 4.72 Å². The number of halogens is 2. The van der Waals surface area contributed by atoms with E-state index in [9.17, 15) is 5.11 Å². The molecule has 6 heteroatoms. The van der Waals surface area contributed by atoms with Gasteiger partial charge >= 0.3 is 0 Å². The monoisotopic (exact) mass is 322 g/mol. The quantitative estimate of drug-likeness (QED) is 0.569. The highest BCUT2D eigenvalue weighted by atomic mass is 79.9. The van der Waals surface area contributed by atoms with Crippen LogP contribution in [0.25, 0.3) is 0 Å². The lowest BCUT2D eigenvalue weighted by molar-refractivity contribution is 0.472. The van der Waals surface area contributed by atoms with Crippen LogP contribution < -0.4 is 4.72 Å². The van der Waals surface area contributed by atoms with E-state index in [0.29, 0.717) is 14.9 Å². The zero-order valence-corrected chi connectivity index (χ0v) is 10.2. The van der Waals surface area contributed by atoms with Gasteiger partial charge in [-0.1, -0.05) is 0 Å². The highest BCUT2D eigenvalue weighted by Crippen LogP contribution is 2.43. The van der Waals surface area contributed by atoms with Crippen LogP contribution in [0, 0.1) is 0 Å². The van der Waals surface area contributed by atoms with Crippen molar-refractivity contribution in [3.63, 3.8) is 0 Å². The molecule has 0 radical (unpaired) electrons. The summed E-state index contributed by atoms with van der Waals surface area (Å²) in [5, 5.41) is 9.65. The molecular formula is C7H4Br2N2OS. The van der Waals surface area contributed by atoms with Crippen molar-refractivity contribution in [1.29, 1.82) is 0 Å². The van der Waals surface area contributed by atoms with E-state index >= 15 is 0 Å². The van der Waals surface area contributed by atoms with Crippen LogP contribution in [-0.4, -0.2) is 9.85 Å². The van der Waals surface area contributed by atoms with Gasteiger partial charge in [-0.05, 0) is 55.9 Å². The first-order valence-electron chi connectivity index (χ1n) is 3.37. The molecular weight excluding hydrogens is 320 g/mol. The number of hydrogen-bond donors (Lipinski definition) is 2.